The van der Waals surface area contributed by atoms with Gasteiger partial charge in [0, 0.05) is 43.8 Å². The zero-order valence-electron chi connectivity index (χ0n) is 25.1. The first kappa shape index (κ1) is 38.2. The predicted molar refractivity (Wildman–Crippen MR) is 161 cm³/mol. The van der Waals surface area contributed by atoms with Crippen molar-refractivity contribution >= 4 is 11.4 Å². The quantitative estimate of drug-likeness (QED) is 0.222. The van der Waals surface area contributed by atoms with E-state index < -0.39 is 0 Å². The van der Waals surface area contributed by atoms with Crippen molar-refractivity contribution in [1.29, 1.82) is 0 Å². The van der Waals surface area contributed by atoms with Crippen LogP contribution < -0.4 is 40.8 Å². The summed E-state index contributed by atoms with van der Waals surface area (Å²) >= 11 is 0. The zero-order chi connectivity index (χ0) is 26.6. The third kappa shape index (κ3) is 10.3. The maximum Gasteiger partial charge on any atom is 2.00 e. The number of hydrogen-bond donors (Lipinski definition) is 3. The molecule has 40 heavy (non-hydrogen) atoms. The van der Waals surface area contributed by atoms with E-state index in [2.05, 4.69) is 87.8 Å². The molecule has 3 N–H and O–H groups in total. The average Bonchev–Trinajstić information content (AvgIpc) is 2.95. The second-order valence-electron chi connectivity index (χ2n) is 9.77. The summed E-state index contributed by atoms with van der Waals surface area (Å²) in [5.74, 6) is 0. The molecule has 1 radical (unpaired) electrons. The SMILES string of the molecule is CCc1cc(CC)c(NCCNCc2ncccc2CNc2c(CC)cc(CC)cc2CC)c(CC)c1.[Cl-].[Cl-].[Co+2]. The molecule has 0 aliphatic heterocycles. The van der Waals surface area contributed by atoms with E-state index in [1.165, 1.54) is 50.3 Å². The molecule has 0 aliphatic rings. The number of pyridine rings is 1. The first-order valence-electron chi connectivity index (χ1n) is 14.5. The van der Waals surface area contributed by atoms with Gasteiger partial charge in [-0.05, 0) is 83.5 Å². The van der Waals surface area contributed by atoms with Gasteiger partial charge in [0.1, 0.15) is 0 Å². The molecule has 7 heteroatoms. The second-order valence-corrected chi connectivity index (χ2v) is 9.77. The third-order valence-corrected chi connectivity index (χ3v) is 7.40. The van der Waals surface area contributed by atoms with Gasteiger partial charge in [-0.1, -0.05) is 71.9 Å². The first-order chi connectivity index (χ1) is 18.1. The van der Waals surface area contributed by atoms with Gasteiger partial charge in [-0.15, -0.1) is 0 Å². The molecule has 0 fully saturated rings. The maximum absolute atomic E-state index is 4.71. The summed E-state index contributed by atoms with van der Waals surface area (Å²) in [6.45, 7) is 16.8. The van der Waals surface area contributed by atoms with Crippen LogP contribution in [0.2, 0.25) is 0 Å². The monoisotopic (exact) mass is 629 g/mol. The summed E-state index contributed by atoms with van der Waals surface area (Å²) in [5.41, 5.74) is 13.6. The molecule has 3 aromatic rings. The Morgan fingerprint density at radius 3 is 1.50 bits per heavy atom. The summed E-state index contributed by atoms with van der Waals surface area (Å²) in [6, 6.07) is 13.7. The number of rotatable bonds is 15. The van der Waals surface area contributed by atoms with Gasteiger partial charge in [0.05, 0.1) is 5.69 Å². The second kappa shape index (κ2) is 20.2. The molecular formula is C33H48Cl2CoN4. The Bertz CT molecular complexity index is 1100. The van der Waals surface area contributed by atoms with Crippen LogP contribution in [-0.4, -0.2) is 18.1 Å². The van der Waals surface area contributed by atoms with E-state index in [1.807, 2.05) is 12.3 Å². The number of hydrogen-bond acceptors (Lipinski definition) is 4. The van der Waals surface area contributed by atoms with Gasteiger partial charge in [-0.25, -0.2) is 0 Å². The molecule has 2 aromatic carbocycles. The van der Waals surface area contributed by atoms with Crippen LogP contribution >= 0.6 is 0 Å². The number of nitrogens with one attached hydrogen (secondary N) is 3. The Labute approximate surface area is 266 Å². The van der Waals surface area contributed by atoms with Crippen molar-refractivity contribution in [2.75, 3.05) is 23.7 Å². The number of anilines is 2. The summed E-state index contributed by atoms with van der Waals surface area (Å²) < 4.78 is 0. The van der Waals surface area contributed by atoms with Crippen molar-refractivity contribution in [2.45, 2.75) is 93.2 Å². The Hall–Kier alpha value is -1.76. The zero-order valence-corrected chi connectivity index (χ0v) is 27.7. The van der Waals surface area contributed by atoms with E-state index in [9.17, 15) is 0 Å². The van der Waals surface area contributed by atoms with E-state index in [-0.39, 0.29) is 41.6 Å². The molecule has 1 heterocycles. The first-order valence-corrected chi connectivity index (χ1v) is 14.5. The fourth-order valence-corrected chi connectivity index (χ4v) is 5.12. The molecule has 0 saturated heterocycles. The Morgan fingerprint density at radius 2 is 1.05 bits per heavy atom. The van der Waals surface area contributed by atoms with Gasteiger partial charge < -0.3 is 40.8 Å². The molecule has 4 nitrogen and oxygen atoms in total. The molecule has 0 spiro atoms. The minimum absolute atomic E-state index is 0. The molecule has 0 amide bonds. The van der Waals surface area contributed by atoms with Crippen LogP contribution in [0.3, 0.4) is 0 Å². The Morgan fingerprint density at radius 1 is 0.575 bits per heavy atom. The van der Waals surface area contributed by atoms with Crippen LogP contribution in [-0.2, 0) is 68.4 Å². The maximum atomic E-state index is 4.71. The van der Waals surface area contributed by atoms with E-state index in [0.717, 1.165) is 70.4 Å². The van der Waals surface area contributed by atoms with Gasteiger partial charge >= 0.3 is 16.8 Å². The van der Waals surface area contributed by atoms with Gasteiger partial charge in [-0.3, -0.25) is 4.98 Å². The van der Waals surface area contributed by atoms with E-state index in [1.54, 1.807) is 0 Å². The van der Waals surface area contributed by atoms with E-state index >= 15 is 0 Å². The third-order valence-electron chi connectivity index (χ3n) is 7.40. The van der Waals surface area contributed by atoms with Crippen molar-refractivity contribution in [3.05, 3.63) is 87.2 Å². The van der Waals surface area contributed by atoms with Gasteiger partial charge in [0.15, 0.2) is 0 Å². The predicted octanol–water partition coefficient (Wildman–Crippen LogP) is 1.28. The number of nitrogens with zero attached hydrogens (tertiary/aromatic N) is 1. The fraction of sp³-hybridized carbons (Fsp3) is 0.485. The standard InChI is InChI=1S/C33H48N4.2ClH.Co/c1-7-24-18-26(9-3)32(27(10-4)19-24)36-17-16-34-23-31-30(14-13-15-35-31)22-37-33-28(11-5)20-25(8-2)21-29(33)12-6;;;/h13-15,18-21,34,36-37H,7-12,16-17,22-23H2,1-6H3;2*1H;/q;;;+2/p-2. The molecule has 1 aromatic heterocycles. The summed E-state index contributed by atoms with van der Waals surface area (Å²) in [4.78, 5) is 4.71. The largest absolute Gasteiger partial charge is 2.00 e. The van der Waals surface area contributed by atoms with Crippen molar-refractivity contribution < 1.29 is 41.6 Å². The van der Waals surface area contributed by atoms with Crippen LogP contribution in [0.4, 0.5) is 11.4 Å². The van der Waals surface area contributed by atoms with E-state index in [0.29, 0.717) is 0 Å². The Kier molecular flexibility index (Phi) is 19.3. The normalized spacial score (nSPS) is 10.2. The summed E-state index contributed by atoms with van der Waals surface area (Å²) in [7, 11) is 0. The molecule has 3 rings (SSSR count). The van der Waals surface area contributed by atoms with Crippen LogP contribution in [0.15, 0.2) is 42.6 Å². The molecule has 223 valence electrons. The molecule has 0 atom stereocenters. The number of benzene rings is 2. The molecular weight excluding hydrogens is 582 g/mol. The number of aromatic nitrogens is 1. The number of halogens is 2. The van der Waals surface area contributed by atoms with Crippen LogP contribution in [0.25, 0.3) is 0 Å². The van der Waals surface area contributed by atoms with Crippen LogP contribution in [0.1, 0.15) is 86.2 Å². The fourth-order valence-electron chi connectivity index (χ4n) is 5.12. The van der Waals surface area contributed by atoms with Crippen molar-refractivity contribution in [3.63, 3.8) is 0 Å². The molecule has 0 unspecified atom stereocenters. The topological polar surface area (TPSA) is 49.0 Å². The summed E-state index contributed by atoms with van der Waals surface area (Å²) in [5, 5.41) is 11.1. The average molecular weight is 631 g/mol. The van der Waals surface area contributed by atoms with Crippen molar-refractivity contribution in [3.8, 4) is 0 Å². The Balaban J connectivity index is 0.00000507. The minimum atomic E-state index is 0. The molecule has 0 bridgehead atoms. The van der Waals surface area contributed by atoms with Crippen molar-refractivity contribution in [2.24, 2.45) is 0 Å². The van der Waals surface area contributed by atoms with Crippen LogP contribution in [0, 0.1) is 0 Å². The molecule has 0 saturated carbocycles. The van der Waals surface area contributed by atoms with Crippen LogP contribution in [0.5, 0.6) is 0 Å². The smallest absolute Gasteiger partial charge is 1.00 e. The van der Waals surface area contributed by atoms with E-state index in [4.69, 9.17) is 4.98 Å². The van der Waals surface area contributed by atoms with Gasteiger partial charge in [0.2, 0.25) is 0 Å². The van der Waals surface area contributed by atoms with Gasteiger partial charge in [0.25, 0.3) is 0 Å². The molecule has 0 aliphatic carbocycles. The van der Waals surface area contributed by atoms with Gasteiger partial charge in [-0.2, -0.15) is 0 Å². The minimum Gasteiger partial charge on any atom is -1.00 e. The number of aryl methyl sites for hydroxylation is 6. The van der Waals surface area contributed by atoms with Crippen molar-refractivity contribution in [1.82, 2.24) is 10.3 Å². The summed E-state index contributed by atoms with van der Waals surface area (Å²) in [6.07, 6.45) is 8.27.